The van der Waals surface area contributed by atoms with E-state index < -0.39 is 0 Å². The van der Waals surface area contributed by atoms with E-state index in [2.05, 4.69) is 40.5 Å². The Morgan fingerprint density at radius 3 is 2.67 bits per heavy atom. The van der Waals surface area contributed by atoms with Crippen molar-refractivity contribution in [3.63, 3.8) is 0 Å². The number of rotatable bonds is 5. The molecule has 0 aliphatic heterocycles. The smallest absolute Gasteiger partial charge is 0.254 e. The maximum atomic E-state index is 12.8. The zero-order chi connectivity index (χ0) is 21.3. The minimum atomic E-state index is -0.185. The number of amides is 1. The zero-order valence-corrected chi connectivity index (χ0v) is 17.6. The van der Waals surface area contributed by atoms with Gasteiger partial charge in [-0.15, -0.1) is 0 Å². The molecular weight excluding hydrogens is 376 g/mol. The van der Waals surface area contributed by atoms with Crippen molar-refractivity contribution in [3.8, 4) is 16.9 Å². The summed E-state index contributed by atoms with van der Waals surface area (Å²) in [5.74, 6) is 0.576. The van der Waals surface area contributed by atoms with E-state index in [1.165, 1.54) is 5.56 Å². The Morgan fingerprint density at radius 2 is 1.90 bits per heavy atom. The van der Waals surface area contributed by atoms with Crippen LogP contribution >= 0.6 is 0 Å². The molecule has 0 radical (unpaired) electrons. The van der Waals surface area contributed by atoms with Crippen molar-refractivity contribution in [1.82, 2.24) is 19.9 Å². The number of methoxy groups -OCH3 is 1. The number of nitrogens with zero attached hydrogens (tertiary/aromatic N) is 3. The molecule has 0 saturated carbocycles. The highest BCUT2D eigenvalue weighted by Crippen LogP contribution is 2.28. The molecule has 0 atom stereocenters. The zero-order valence-electron chi connectivity index (χ0n) is 17.6. The molecule has 0 aliphatic rings. The van der Waals surface area contributed by atoms with E-state index in [9.17, 15) is 4.79 Å². The van der Waals surface area contributed by atoms with Crippen molar-refractivity contribution in [1.29, 1.82) is 0 Å². The number of carbonyl (C=O) groups is 1. The van der Waals surface area contributed by atoms with Crippen LogP contribution in [0.25, 0.3) is 16.8 Å². The number of aromatic nitrogens is 3. The Hall–Kier alpha value is -3.67. The molecule has 2 heterocycles. The predicted octanol–water partition coefficient (Wildman–Crippen LogP) is 4.26. The minimum Gasteiger partial charge on any atom is -0.497 e. The Bertz CT molecular complexity index is 1240. The molecule has 0 unspecified atom stereocenters. The van der Waals surface area contributed by atoms with Crippen molar-refractivity contribution >= 4 is 11.6 Å². The molecule has 1 N–H and O–H groups in total. The lowest BCUT2D eigenvalue weighted by atomic mass is 10.0. The van der Waals surface area contributed by atoms with Crippen LogP contribution in [0, 0.1) is 20.8 Å². The molecule has 152 valence electrons. The lowest BCUT2D eigenvalue weighted by molar-refractivity contribution is 0.0949. The Balaban J connectivity index is 1.64. The van der Waals surface area contributed by atoms with Crippen LogP contribution in [0.4, 0.5) is 0 Å². The number of fused-ring (bicyclic) bond motifs is 1. The summed E-state index contributed by atoms with van der Waals surface area (Å²) in [6, 6.07) is 15.9. The van der Waals surface area contributed by atoms with Crippen LogP contribution in [-0.4, -0.2) is 27.6 Å². The molecule has 0 saturated heterocycles. The first-order valence-electron chi connectivity index (χ1n) is 9.81. The molecule has 6 nitrogen and oxygen atoms in total. The lowest BCUT2D eigenvalue weighted by Gasteiger charge is -2.10. The number of nitrogens with one attached hydrogen (secondary N) is 1. The second kappa shape index (κ2) is 7.99. The van der Waals surface area contributed by atoms with Gasteiger partial charge in [0.05, 0.1) is 24.1 Å². The van der Waals surface area contributed by atoms with Gasteiger partial charge in [-0.25, -0.2) is 9.50 Å². The van der Waals surface area contributed by atoms with Crippen LogP contribution in [-0.2, 0) is 6.54 Å². The molecule has 2 aromatic carbocycles. The van der Waals surface area contributed by atoms with Gasteiger partial charge in [-0.1, -0.05) is 42.0 Å². The highest BCUT2D eigenvalue weighted by Gasteiger charge is 2.18. The van der Waals surface area contributed by atoms with Crippen LogP contribution < -0.4 is 10.1 Å². The van der Waals surface area contributed by atoms with E-state index in [0.29, 0.717) is 12.1 Å². The third-order valence-corrected chi connectivity index (χ3v) is 5.20. The summed E-state index contributed by atoms with van der Waals surface area (Å²) in [7, 11) is 1.62. The van der Waals surface area contributed by atoms with Crippen LogP contribution in [0.3, 0.4) is 0 Å². The maximum Gasteiger partial charge on any atom is 0.254 e. The quantitative estimate of drug-likeness (QED) is 0.543. The Labute approximate surface area is 175 Å². The first-order chi connectivity index (χ1) is 14.5. The summed E-state index contributed by atoms with van der Waals surface area (Å²) >= 11 is 0. The van der Waals surface area contributed by atoms with Gasteiger partial charge >= 0.3 is 0 Å². The maximum absolute atomic E-state index is 12.8. The molecule has 0 bridgehead atoms. The fraction of sp³-hybridized carbons (Fsp3) is 0.208. The second-order valence-corrected chi connectivity index (χ2v) is 7.36. The third kappa shape index (κ3) is 3.64. The molecule has 4 aromatic rings. The van der Waals surface area contributed by atoms with Gasteiger partial charge in [-0.2, -0.15) is 5.10 Å². The molecule has 0 fully saturated rings. The number of hydrogen-bond donors (Lipinski definition) is 1. The topological polar surface area (TPSA) is 68.5 Å². The summed E-state index contributed by atoms with van der Waals surface area (Å²) in [5.41, 5.74) is 7.09. The monoisotopic (exact) mass is 400 g/mol. The van der Waals surface area contributed by atoms with Crippen LogP contribution in [0.15, 0.2) is 54.7 Å². The van der Waals surface area contributed by atoms with Crippen LogP contribution in [0.5, 0.6) is 5.75 Å². The number of aryl methyl sites for hydroxylation is 3. The van der Waals surface area contributed by atoms with E-state index in [-0.39, 0.29) is 5.91 Å². The highest BCUT2D eigenvalue weighted by atomic mass is 16.5. The SMILES string of the molecule is COc1cccc(CNC(=O)c2cnc3c(-c4cccc(C)c4)c(C)nn3c2C)c1. The summed E-state index contributed by atoms with van der Waals surface area (Å²) in [6.07, 6.45) is 1.63. The first kappa shape index (κ1) is 19.6. The van der Waals surface area contributed by atoms with Gasteiger partial charge in [-0.3, -0.25) is 4.79 Å². The van der Waals surface area contributed by atoms with E-state index in [0.717, 1.165) is 39.5 Å². The van der Waals surface area contributed by atoms with Gasteiger partial charge in [0.25, 0.3) is 5.91 Å². The number of ether oxygens (including phenoxy) is 1. The van der Waals surface area contributed by atoms with E-state index in [1.54, 1.807) is 17.8 Å². The standard InChI is InChI=1S/C24H24N4O2/c1-15-7-5-9-19(11-15)22-16(2)27-28-17(3)21(14-25-23(22)28)24(29)26-13-18-8-6-10-20(12-18)30-4/h5-12,14H,13H2,1-4H3,(H,26,29). The number of benzene rings is 2. The summed E-state index contributed by atoms with van der Waals surface area (Å²) in [5, 5.41) is 7.62. The molecule has 4 rings (SSSR count). The van der Waals surface area contributed by atoms with Crippen molar-refractivity contribution in [2.45, 2.75) is 27.3 Å². The van der Waals surface area contributed by atoms with Gasteiger partial charge < -0.3 is 10.1 Å². The van der Waals surface area contributed by atoms with Crippen LogP contribution in [0.1, 0.15) is 32.9 Å². The van der Waals surface area contributed by atoms with Gasteiger partial charge in [-0.05, 0) is 44.0 Å². The molecular formula is C24H24N4O2. The minimum absolute atomic E-state index is 0.185. The number of hydrogen-bond acceptors (Lipinski definition) is 4. The highest BCUT2D eigenvalue weighted by molar-refractivity contribution is 5.95. The fourth-order valence-electron chi connectivity index (χ4n) is 3.62. The molecule has 30 heavy (non-hydrogen) atoms. The average Bonchev–Trinajstić information content (AvgIpc) is 3.09. The predicted molar refractivity (Wildman–Crippen MR) is 117 cm³/mol. The normalized spacial score (nSPS) is 10.9. The summed E-state index contributed by atoms with van der Waals surface area (Å²) in [6.45, 7) is 6.32. The average molecular weight is 400 g/mol. The van der Waals surface area contributed by atoms with Gasteiger partial charge in [0.1, 0.15) is 5.75 Å². The third-order valence-electron chi connectivity index (χ3n) is 5.20. The van der Waals surface area contributed by atoms with Crippen molar-refractivity contribution in [2.24, 2.45) is 0 Å². The molecule has 2 aromatic heterocycles. The Kier molecular flexibility index (Phi) is 5.23. The van der Waals surface area contributed by atoms with E-state index in [4.69, 9.17) is 4.74 Å². The van der Waals surface area contributed by atoms with Crippen molar-refractivity contribution in [2.75, 3.05) is 7.11 Å². The van der Waals surface area contributed by atoms with Gasteiger partial charge in [0, 0.05) is 18.3 Å². The van der Waals surface area contributed by atoms with E-state index >= 15 is 0 Å². The fourth-order valence-corrected chi connectivity index (χ4v) is 3.62. The van der Waals surface area contributed by atoms with Crippen molar-refractivity contribution < 1.29 is 9.53 Å². The summed E-state index contributed by atoms with van der Waals surface area (Å²) in [4.78, 5) is 17.4. The Morgan fingerprint density at radius 1 is 1.10 bits per heavy atom. The second-order valence-electron chi connectivity index (χ2n) is 7.36. The molecule has 1 amide bonds. The molecule has 6 heteroatoms. The molecule has 0 aliphatic carbocycles. The van der Waals surface area contributed by atoms with Gasteiger partial charge in [0.15, 0.2) is 5.65 Å². The van der Waals surface area contributed by atoms with Crippen molar-refractivity contribution in [3.05, 3.63) is 82.8 Å². The summed E-state index contributed by atoms with van der Waals surface area (Å²) < 4.78 is 6.99. The largest absolute Gasteiger partial charge is 0.497 e. The lowest BCUT2D eigenvalue weighted by Crippen LogP contribution is -2.24. The van der Waals surface area contributed by atoms with Crippen LogP contribution in [0.2, 0.25) is 0 Å². The number of carbonyl (C=O) groups excluding carboxylic acids is 1. The van der Waals surface area contributed by atoms with E-state index in [1.807, 2.05) is 44.2 Å². The first-order valence-corrected chi connectivity index (χ1v) is 9.81. The molecule has 0 spiro atoms. The van der Waals surface area contributed by atoms with Gasteiger partial charge in [0.2, 0.25) is 0 Å².